The van der Waals surface area contributed by atoms with Crippen LogP contribution in [-0.2, 0) is 4.79 Å². The van der Waals surface area contributed by atoms with E-state index in [0.29, 0.717) is 23.1 Å². The number of rotatable bonds is 5. The predicted molar refractivity (Wildman–Crippen MR) is 109 cm³/mol. The second-order valence-corrected chi connectivity index (χ2v) is 7.06. The third kappa shape index (κ3) is 4.12. The highest BCUT2D eigenvalue weighted by Gasteiger charge is 2.28. The molecule has 4 nitrogen and oxygen atoms in total. The second-order valence-electron chi connectivity index (χ2n) is 6.62. The predicted octanol–water partition coefficient (Wildman–Crippen LogP) is 4.43. The molecule has 1 N–H and O–H groups in total. The van der Waals surface area contributed by atoms with Gasteiger partial charge in [0.2, 0.25) is 6.10 Å². The lowest BCUT2D eigenvalue weighted by atomic mass is 9.91. The maximum Gasteiger partial charge on any atom is 0.264 e. The van der Waals surface area contributed by atoms with Gasteiger partial charge < -0.3 is 14.8 Å². The Morgan fingerprint density at radius 2 is 1.57 bits per heavy atom. The Bertz CT molecular complexity index is 944. The molecule has 0 saturated heterocycles. The maximum atomic E-state index is 12.7. The van der Waals surface area contributed by atoms with Crippen molar-refractivity contribution in [1.82, 2.24) is 5.32 Å². The number of amides is 1. The topological polar surface area (TPSA) is 47.6 Å². The third-order valence-corrected chi connectivity index (χ3v) is 5.01. The number of fused-ring (bicyclic) bond motifs is 1. The molecule has 0 bridgehead atoms. The molecule has 0 fully saturated rings. The van der Waals surface area contributed by atoms with Crippen LogP contribution in [0.5, 0.6) is 11.5 Å². The molecule has 0 aromatic heterocycles. The Hall–Kier alpha value is -2.98. The maximum absolute atomic E-state index is 12.7. The summed E-state index contributed by atoms with van der Waals surface area (Å²) in [4.78, 5) is 12.7. The van der Waals surface area contributed by atoms with Gasteiger partial charge in [-0.15, -0.1) is 0 Å². The van der Waals surface area contributed by atoms with Crippen molar-refractivity contribution in [3.63, 3.8) is 0 Å². The highest BCUT2D eigenvalue weighted by molar-refractivity contribution is 6.30. The lowest BCUT2D eigenvalue weighted by molar-refractivity contribution is -0.130. The van der Waals surface area contributed by atoms with Crippen molar-refractivity contribution in [2.24, 2.45) is 0 Å². The molecule has 0 radical (unpaired) electrons. The average Bonchev–Trinajstić information content (AvgIpc) is 2.75. The Labute approximate surface area is 169 Å². The van der Waals surface area contributed by atoms with E-state index in [2.05, 4.69) is 17.4 Å². The van der Waals surface area contributed by atoms with E-state index in [0.717, 1.165) is 11.1 Å². The van der Waals surface area contributed by atoms with E-state index in [4.69, 9.17) is 21.1 Å². The molecule has 1 aliphatic rings. The smallest absolute Gasteiger partial charge is 0.264 e. The minimum Gasteiger partial charge on any atom is -0.485 e. The molecule has 4 rings (SSSR count). The normalized spacial score (nSPS) is 16.2. The summed E-state index contributed by atoms with van der Waals surface area (Å²) in [7, 11) is 0. The minimum atomic E-state index is -0.670. The summed E-state index contributed by atoms with van der Waals surface area (Å²) in [6.07, 6.45) is -0.670. The molecule has 28 heavy (non-hydrogen) atoms. The van der Waals surface area contributed by atoms with Crippen molar-refractivity contribution >= 4 is 17.5 Å². The van der Waals surface area contributed by atoms with Crippen molar-refractivity contribution in [3.8, 4) is 11.5 Å². The molecule has 1 amide bonds. The fourth-order valence-electron chi connectivity index (χ4n) is 3.27. The zero-order chi connectivity index (χ0) is 19.3. The molecule has 3 aromatic carbocycles. The number of hydrogen-bond acceptors (Lipinski definition) is 3. The molecular formula is C23H20ClNO3. The average molecular weight is 394 g/mol. The van der Waals surface area contributed by atoms with Gasteiger partial charge in [0, 0.05) is 17.5 Å². The van der Waals surface area contributed by atoms with E-state index in [1.54, 1.807) is 6.07 Å². The van der Waals surface area contributed by atoms with Crippen LogP contribution in [0.4, 0.5) is 0 Å². The summed E-state index contributed by atoms with van der Waals surface area (Å²) >= 11 is 6.03. The first-order valence-corrected chi connectivity index (χ1v) is 9.55. The molecule has 0 aliphatic carbocycles. The van der Waals surface area contributed by atoms with Crippen LogP contribution in [0, 0.1) is 0 Å². The van der Waals surface area contributed by atoms with Gasteiger partial charge in [0.25, 0.3) is 5.91 Å². The van der Waals surface area contributed by atoms with Crippen LogP contribution in [0.15, 0.2) is 78.9 Å². The summed E-state index contributed by atoms with van der Waals surface area (Å²) in [5, 5.41) is 3.70. The number of carbonyl (C=O) groups excluding carboxylic acids is 1. The lowest BCUT2D eigenvalue weighted by Gasteiger charge is -2.26. The van der Waals surface area contributed by atoms with Gasteiger partial charge in [-0.2, -0.15) is 0 Å². The van der Waals surface area contributed by atoms with Crippen molar-refractivity contribution in [1.29, 1.82) is 0 Å². The largest absolute Gasteiger partial charge is 0.485 e. The Kier molecular flexibility index (Phi) is 5.49. The van der Waals surface area contributed by atoms with Crippen LogP contribution in [0.2, 0.25) is 5.02 Å². The number of ether oxygens (including phenoxy) is 2. The number of nitrogens with one attached hydrogen (secondary N) is 1. The van der Waals surface area contributed by atoms with Gasteiger partial charge in [-0.05, 0) is 35.4 Å². The van der Waals surface area contributed by atoms with Crippen molar-refractivity contribution in [2.75, 3.05) is 13.2 Å². The Balaban J connectivity index is 1.47. The molecule has 2 atom stereocenters. The van der Waals surface area contributed by atoms with Crippen LogP contribution >= 0.6 is 11.6 Å². The van der Waals surface area contributed by atoms with Gasteiger partial charge in [0.1, 0.15) is 6.61 Å². The van der Waals surface area contributed by atoms with E-state index in [9.17, 15) is 4.79 Å². The highest BCUT2D eigenvalue weighted by Crippen LogP contribution is 2.31. The van der Waals surface area contributed by atoms with Crippen LogP contribution in [-0.4, -0.2) is 25.2 Å². The first-order valence-electron chi connectivity index (χ1n) is 9.17. The molecule has 2 unspecified atom stereocenters. The fraction of sp³-hybridized carbons (Fsp3) is 0.174. The summed E-state index contributed by atoms with van der Waals surface area (Å²) in [6.45, 7) is 0.645. The quantitative estimate of drug-likeness (QED) is 0.697. The van der Waals surface area contributed by atoms with E-state index in [1.807, 2.05) is 60.7 Å². The number of benzene rings is 3. The van der Waals surface area contributed by atoms with E-state index >= 15 is 0 Å². The molecule has 0 saturated carbocycles. The number of para-hydroxylation sites is 2. The Morgan fingerprint density at radius 1 is 0.929 bits per heavy atom. The third-order valence-electron chi connectivity index (χ3n) is 4.76. The lowest BCUT2D eigenvalue weighted by Crippen LogP contribution is -2.45. The Morgan fingerprint density at radius 3 is 2.32 bits per heavy atom. The van der Waals surface area contributed by atoms with Crippen LogP contribution in [0.25, 0.3) is 0 Å². The molecule has 0 spiro atoms. The van der Waals surface area contributed by atoms with Crippen molar-refractivity contribution in [3.05, 3.63) is 95.0 Å². The van der Waals surface area contributed by atoms with Gasteiger partial charge in [0.05, 0.1) is 0 Å². The van der Waals surface area contributed by atoms with E-state index in [-0.39, 0.29) is 18.4 Å². The van der Waals surface area contributed by atoms with Crippen molar-refractivity contribution in [2.45, 2.75) is 12.0 Å². The van der Waals surface area contributed by atoms with Crippen molar-refractivity contribution < 1.29 is 14.3 Å². The van der Waals surface area contributed by atoms with E-state index < -0.39 is 6.10 Å². The summed E-state index contributed by atoms with van der Waals surface area (Å²) < 4.78 is 11.4. The van der Waals surface area contributed by atoms with E-state index in [1.165, 1.54) is 0 Å². The minimum absolute atomic E-state index is 0.0132. The van der Waals surface area contributed by atoms with Crippen LogP contribution < -0.4 is 14.8 Å². The second kappa shape index (κ2) is 8.36. The summed E-state index contributed by atoms with van der Waals surface area (Å²) in [5.74, 6) is 1.07. The van der Waals surface area contributed by atoms with Crippen LogP contribution in [0.1, 0.15) is 17.0 Å². The fourth-order valence-corrected chi connectivity index (χ4v) is 3.40. The zero-order valence-electron chi connectivity index (χ0n) is 15.2. The van der Waals surface area contributed by atoms with Crippen LogP contribution in [0.3, 0.4) is 0 Å². The first kappa shape index (κ1) is 18.4. The number of carbonyl (C=O) groups is 1. The standard InChI is InChI=1S/C23H20ClNO3/c24-18-12-10-17(11-13-18)19(16-6-2-1-3-7-16)14-25-23(26)22-15-27-20-8-4-5-9-21(20)28-22/h1-13,19,22H,14-15H2,(H,25,26). The highest BCUT2D eigenvalue weighted by atomic mass is 35.5. The monoisotopic (exact) mass is 393 g/mol. The van der Waals surface area contributed by atoms with Gasteiger partial charge >= 0.3 is 0 Å². The van der Waals surface area contributed by atoms with Gasteiger partial charge in [0.15, 0.2) is 11.5 Å². The molecule has 1 heterocycles. The molecule has 5 heteroatoms. The molecule has 142 valence electrons. The summed E-state index contributed by atoms with van der Waals surface area (Å²) in [5.41, 5.74) is 2.21. The number of hydrogen-bond donors (Lipinski definition) is 1. The van der Waals surface area contributed by atoms with Gasteiger partial charge in [-0.3, -0.25) is 4.79 Å². The number of halogens is 1. The molecule has 1 aliphatic heterocycles. The SMILES string of the molecule is O=C(NCC(c1ccccc1)c1ccc(Cl)cc1)C1COc2ccccc2O1. The summed E-state index contributed by atoms with van der Waals surface area (Å²) in [6, 6.07) is 25.1. The van der Waals surface area contributed by atoms with Gasteiger partial charge in [-0.1, -0.05) is 66.2 Å². The zero-order valence-corrected chi connectivity index (χ0v) is 15.9. The first-order chi connectivity index (χ1) is 13.7. The van der Waals surface area contributed by atoms with Gasteiger partial charge in [-0.25, -0.2) is 0 Å². The molecular weight excluding hydrogens is 374 g/mol. The molecule has 3 aromatic rings.